The minimum atomic E-state index is -3.40. The summed E-state index contributed by atoms with van der Waals surface area (Å²) in [6.45, 7) is 3.47. The second-order valence-electron chi connectivity index (χ2n) is 3.38. The Morgan fingerprint density at radius 1 is 1.60 bits per heavy atom. The summed E-state index contributed by atoms with van der Waals surface area (Å²) in [6, 6.07) is 1.74. The summed E-state index contributed by atoms with van der Waals surface area (Å²) in [6.07, 6.45) is 3.09. The number of nitrogens with two attached hydrogens (primary N) is 1. The zero-order valence-electron chi connectivity index (χ0n) is 8.77. The molecule has 15 heavy (non-hydrogen) atoms. The van der Waals surface area contributed by atoms with Crippen molar-refractivity contribution in [3.8, 4) is 0 Å². The van der Waals surface area contributed by atoms with E-state index in [4.69, 9.17) is 5.73 Å². The Bertz CT molecular complexity index is 431. The van der Waals surface area contributed by atoms with Crippen molar-refractivity contribution in [3.05, 3.63) is 24.0 Å². The first-order valence-electron chi connectivity index (χ1n) is 4.59. The SMILES string of the molecule is Cc1ccncc1NS(=O)(=O)C(C)CN. The standard InChI is InChI=1S/C9H15N3O2S/c1-7-3-4-11-6-9(7)12-15(13,14)8(2)5-10/h3-4,6,8,12H,5,10H2,1-2H3. The van der Waals surface area contributed by atoms with Gasteiger partial charge in [-0.05, 0) is 25.5 Å². The highest BCUT2D eigenvalue weighted by atomic mass is 32.2. The van der Waals surface area contributed by atoms with Gasteiger partial charge in [-0.3, -0.25) is 9.71 Å². The highest BCUT2D eigenvalue weighted by molar-refractivity contribution is 7.93. The minimum absolute atomic E-state index is 0.0919. The fourth-order valence-corrected chi connectivity index (χ4v) is 1.93. The van der Waals surface area contributed by atoms with Crippen LogP contribution in [0.25, 0.3) is 0 Å². The minimum Gasteiger partial charge on any atom is -0.329 e. The quantitative estimate of drug-likeness (QED) is 0.786. The number of hydrogen-bond acceptors (Lipinski definition) is 4. The molecule has 0 spiro atoms. The van der Waals surface area contributed by atoms with E-state index < -0.39 is 15.3 Å². The number of aryl methyl sites for hydroxylation is 1. The molecular formula is C9H15N3O2S. The lowest BCUT2D eigenvalue weighted by molar-refractivity contribution is 0.589. The van der Waals surface area contributed by atoms with Crippen LogP contribution < -0.4 is 10.5 Å². The van der Waals surface area contributed by atoms with Crippen LogP contribution in [0.4, 0.5) is 5.69 Å². The van der Waals surface area contributed by atoms with Gasteiger partial charge in [0.1, 0.15) is 0 Å². The van der Waals surface area contributed by atoms with Gasteiger partial charge in [0.15, 0.2) is 0 Å². The van der Waals surface area contributed by atoms with E-state index in [9.17, 15) is 8.42 Å². The number of nitrogens with one attached hydrogen (secondary N) is 1. The first-order chi connectivity index (χ1) is 6.97. The van der Waals surface area contributed by atoms with E-state index in [1.807, 2.05) is 6.92 Å². The van der Waals surface area contributed by atoms with Crippen molar-refractivity contribution in [2.24, 2.45) is 5.73 Å². The molecule has 0 aliphatic carbocycles. The molecule has 84 valence electrons. The highest BCUT2D eigenvalue weighted by Crippen LogP contribution is 2.14. The molecule has 1 rings (SSSR count). The highest BCUT2D eigenvalue weighted by Gasteiger charge is 2.19. The van der Waals surface area contributed by atoms with E-state index in [-0.39, 0.29) is 6.54 Å². The Kier molecular flexibility index (Phi) is 3.65. The molecule has 0 saturated heterocycles. The molecule has 1 heterocycles. The summed E-state index contributed by atoms with van der Waals surface area (Å²) in [5.74, 6) is 0. The zero-order valence-corrected chi connectivity index (χ0v) is 9.58. The lowest BCUT2D eigenvalue weighted by Crippen LogP contribution is -2.31. The van der Waals surface area contributed by atoms with E-state index in [0.29, 0.717) is 5.69 Å². The van der Waals surface area contributed by atoms with E-state index in [2.05, 4.69) is 9.71 Å². The van der Waals surface area contributed by atoms with Crippen molar-refractivity contribution in [3.63, 3.8) is 0 Å². The van der Waals surface area contributed by atoms with Gasteiger partial charge < -0.3 is 5.73 Å². The van der Waals surface area contributed by atoms with Crippen molar-refractivity contribution in [2.75, 3.05) is 11.3 Å². The summed E-state index contributed by atoms with van der Waals surface area (Å²) >= 11 is 0. The van der Waals surface area contributed by atoms with E-state index in [1.165, 1.54) is 6.20 Å². The summed E-state index contributed by atoms with van der Waals surface area (Å²) in [7, 11) is -3.40. The summed E-state index contributed by atoms with van der Waals surface area (Å²) in [5.41, 5.74) is 6.64. The number of aromatic nitrogens is 1. The van der Waals surface area contributed by atoms with Crippen LogP contribution in [0, 0.1) is 6.92 Å². The van der Waals surface area contributed by atoms with Crippen molar-refractivity contribution >= 4 is 15.7 Å². The molecule has 1 aromatic heterocycles. The maximum atomic E-state index is 11.7. The maximum absolute atomic E-state index is 11.7. The monoisotopic (exact) mass is 229 g/mol. The second-order valence-corrected chi connectivity index (χ2v) is 5.48. The van der Waals surface area contributed by atoms with Crippen LogP contribution in [0.1, 0.15) is 12.5 Å². The topological polar surface area (TPSA) is 85.1 Å². The third-order valence-corrected chi connectivity index (χ3v) is 3.91. The van der Waals surface area contributed by atoms with Gasteiger partial charge in [0, 0.05) is 12.7 Å². The number of hydrogen-bond donors (Lipinski definition) is 2. The van der Waals surface area contributed by atoms with E-state index in [0.717, 1.165) is 5.56 Å². The Morgan fingerprint density at radius 3 is 2.80 bits per heavy atom. The summed E-state index contributed by atoms with van der Waals surface area (Å²) in [5, 5.41) is -0.614. The van der Waals surface area contributed by atoms with Crippen molar-refractivity contribution in [2.45, 2.75) is 19.1 Å². The van der Waals surface area contributed by atoms with Gasteiger partial charge in [0.25, 0.3) is 0 Å². The average molecular weight is 229 g/mol. The molecule has 0 bridgehead atoms. The van der Waals surface area contributed by atoms with Crippen LogP contribution in [0.2, 0.25) is 0 Å². The third kappa shape index (κ3) is 2.90. The van der Waals surface area contributed by atoms with Gasteiger partial charge in [-0.1, -0.05) is 0 Å². The molecule has 1 atom stereocenters. The summed E-state index contributed by atoms with van der Waals surface area (Å²) < 4.78 is 25.8. The molecular weight excluding hydrogens is 214 g/mol. The first-order valence-corrected chi connectivity index (χ1v) is 6.14. The first kappa shape index (κ1) is 11.9. The van der Waals surface area contributed by atoms with Crippen LogP contribution in [0.3, 0.4) is 0 Å². The van der Waals surface area contributed by atoms with Gasteiger partial charge >= 0.3 is 0 Å². The third-order valence-electron chi connectivity index (χ3n) is 2.15. The number of sulfonamides is 1. The molecule has 0 aromatic carbocycles. The fraction of sp³-hybridized carbons (Fsp3) is 0.444. The Labute approximate surface area is 89.8 Å². The maximum Gasteiger partial charge on any atom is 0.236 e. The van der Waals surface area contributed by atoms with Gasteiger partial charge in [0.2, 0.25) is 10.0 Å². The molecule has 6 heteroatoms. The van der Waals surface area contributed by atoms with Gasteiger partial charge in [-0.2, -0.15) is 0 Å². The van der Waals surface area contributed by atoms with Crippen molar-refractivity contribution in [1.29, 1.82) is 0 Å². The molecule has 1 aromatic rings. The molecule has 0 amide bonds. The number of anilines is 1. The van der Waals surface area contributed by atoms with Crippen LogP contribution in [-0.2, 0) is 10.0 Å². The predicted molar refractivity (Wildman–Crippen MR) is 60.0 cm³/mol. The molecule has 1 unspecified atom stereocenters. The van der Waals surface area contributed by atoms with Crippen molar-refractivity contribution in [1.82, 2.24) is 4.98 Å². The van der Waals surface area contributed by atoms with Gasteiger partial charge in [-0.25, -0.2) is 8.42 Å². The van der Waals surface area contributed by atoms with Crippen LogP contribution in [0.15, 0.2) is 18.5 Å². The number of rotatable bonds is 4. The smallest absolute Gasteiger partial charge is 0.236 e. The molecule has 0 aliphatic rings. The normalized spacial score (nSPS) is 13.5. The second kappa shape index (κ2) is 4.59. The lowest BCUT2D eigenvalue weighted by Gasteiger charge is -2.13. The summed E-state index contributed by atoms with van der Waals surface area (Å²) in [4.78, 5) is 3.86. The molecule has 0 radical (unpaired) electrons. The van der Waals surface area contributed by atoms with Gasteiger partial charge in [-0.15, -0.1) is 0 Å². The number of pyridine rings is 1. The molecule has 0 fully saturated rings. The average Bonchev–Trinajstić information content (AvgIpc) is 2.20. The Morgan fingerprint density at radius 2 is 2.27 bits per heavy atom. The Balaban J connectivity index is 2.92. The van der Waals surface area contributed by atoms with Crippen molar-refractivity contribution < 1.29 is 8.42 Å². The van der Waals surface area contributed by atoms with E-state index >= 15 is 0 Å². The van der Waals surface area contributed by atoms with Crippen LogP contribution in [-0.4, -0.2) is 25.2 Å². The predicted octanol–water partition coefficient (Wildman–Crippen LogP) is 0.479. The molecule has 5 nitrogen and oxygen atoms in total. The molecule has 0 saturated carbocycles. The van der Waals surface area contributed by atoms with Crippen LogP contribution in [0.5, 0.6) is 0 Å². The molecule has 0 aliphatic heterocycles. The van der Waals surface area contributed by atoms with Gasteiger partial charge in [0.05, 0.1) is 17.1 Å². The number of nitrogens with zero attached hydrogens (tertiary/aromatic N) is 1. The van der Waals surface area contributed by atoms with Crippen LogP contribution >= 0.6 is 0 Å². The lowest BCUT2D eigenvalue weighted by atomic mass is 10.3. The van der Waals surface area contributed by atoms with E-state index in [1.54, 1.807) is 19.2 Å². The molecule has 3 N–H and O–H groups in total. The largest absolute Gasteiger partial charge is 0.329 e. The fourth-order valence-electron chi connectivity index (χ4n) is 0.951. The Hall–Kier alpha value is -1.14. The zero-order chi connectivity index (χ0) is 11.5.